The van der Waals surface area contributed by atoms with Crippen LogP contribution in [0, 0.1) is 5.92 Å². The second kappa shape index (κ2) is 4.45. The summed E-state index contributed by atoms with van der Waals surface area (Å²) in [5, 5.41) is 0. The molecule has 0 N–H and O–H groups in total. The van der Waals surface area contributed by atoms with Crippen molar-refractivity contribution in [1.82, 2.24) is 4.90 Å². The SMILES string of the molecule is CCC1CCC(C(C)C)N1C(C)C. The van der Waals surface area contributed by atoms with Crippen molar-refractivity contribution in [1.29, 1.82) is 0 Å². The molecule has 0 aliphatic carbocycles. The molecule has 0 bridgehead atoms. The maximum absolute atomic E-state index is 2.74. The van der Waals surface area contributed by atoms with Crippen molar-refractivity contribution in [2.45, 2.75) is 72.0 Å². The predicted molar refractivity (Wildman–Crippen MR) is 58.9 cm³/mol. The van der Waals surface area contributed by atoms with Gasteiger partial charge in [-0.25, -0.2) is 0 Å². The Morgan fingerprint density at radius 2 is 1.77 bits per heavy atom. The van der Waals surface area contributed by atoms with E-state index in [4.69, 9.17) is 0 Å². The summed E-state index contributed by atoms with van der Waals surface area (Å²) in [6.07, 6.45) is 4.15. The molecule has 0 aromatic carbocycles. The van der Waals surface area contributed by atoms with Crippen molar-refractivity contribution in [2.75, 3.05) is 0 Å². The third-order valence-electron chi connectivity index (χ3n) is 3.44. The Labute approximate surface area is 83.5 Å². The van der Waals surface area contributed by atoms with Gasteiger partial charge in [-0.05, 0) is 39.0 Å². The molecule has 2 atom stereocenters. The van der Waals surface area contributed by atoms with E-state index in [9.17, 15) is 0 Å². The van der Waals surface area contributed by atoms with E-state index in [-0.39, 0.29) is 0 Å². The summed E-state index contributed by atoms with van der Waals surface area (Å²) in [6.45, 7) is 11.7. The van der Waals surface area contributed by atoms with Crippen LogP contribution in [0.4, 0.5) is 0 Å². The molecule has 1 fully saturated rings. The molecule has 0 spiro atoms. The first-order valence-corrected chi connectivity index (χ1v) is 5.85. The summed E-state index contributed by atoms with van der Waals surface area (Å²) in [6, 6.07) is 2.41. The summed E-state index contributed by atoms with van der Waals surface area (Å²) >= 11 is 0. The van der Waals surface area contributed by atoms with Crippen molar-refractivity contribution in [3.8, 4) is 0 Å². The molecule has 0 saturated carbocycles. The van der Waals surface area contributed by atoms with Crippen LogP contribution >= 0.6 is 0 Å². The van der Waals surface area contributed by atoms with Crippen LogP contribution in [0.1, 0.15) is 53.9 Å². The summed E-state index contributed by atoms with van der Waals surface area (Å²) in [5.74, 6) is 0.818. The number of hydrogen-bond acceptors (Lipinski definition) is 1. The van der Waals surface area contributed by atoms with Gasteiger partial charge in [-0.15, -0.1) is 0 Å². The minimum Gasteiger partial charge on any atom is -0.295 e. The average Bonchev–Trinajstić information content (AvgIpc) is 2.46. The van der Waals surface area contributed by atoms with Gasteiger partial charge < -0.3 is 0 Å². The molecule has 1 rings (SSSR count). The van der Waals surface area contributed by atoms with Crippen LogP contribution in [0.3, 0.4) is 0 Å². The fourth-order valence-corrected chi connectivity index (χ4v) is 2.83. The lowest BCUT2D eigenvalue weighted by Crippen LogP contribution is -2.43. The normalized spacial score (nSPS) is 30.7. The number of nitrogens with zero attached hydrogens (tertiary/aromatic N) is 1. The molecule has 0 radical (unpaired) electrons. The Kier molecular flexibility index (Phi) is 3.78. The molecule has 78 valence electrons. The molecule has 2 unspecified atom stereocenters. The molecule has 1 nitrogen and oxygen atoms in total. The molecule has 1 heterocycles. The first kappa shape index (κ1) is 11.0. The van der Waals surface area contributed by atoms with E-state index in [2.05, 4.69) is 39.5 Å². The van der Waals surface area contributed by atoms with Gasteiger partial charge in [0.05, 0.1) is 0 Å². The van der Waals surface area contributed by atoms with Crippen LogP contribution in [0.5, 0.6) is 0 Å². The van der Waals surface area contributed by atoms with E-state index in [0.717, 1.165) is 24.0 Å². The smallest absolute Gasteiger partial charge is 0.0124 e. The van der Waals surface area contributed by atoms with Crippen molar-refractivity contribution in [3.05, 3.63) is 0 Å². The van der Waals surface area contributed by atoms with Crippen LogP contribution in [-0.2, 0) is 0 Å². The number of hydrogen-bond donors (Lipinski definition) is 0. The van der Waals surface area contributed by atoms with Crippen LogP contribution in [0.2, 0.25) is 0 Å². The molecule has 13 heavy (non-hydrogen) atoms. The topological polar surface area (TPSA) is 3.24 Å². The summed E-state index contributed by atoms with van der Waals surface area (Å²) < 4.78 is 0. The Bertz CT molecular complexity index is 151. The molecular weight excluding hydrogens is 158 g/mol. The Morgan fingerprint density at radius 3 is 2.15 bits per heavy atom. The predicted octanol–water partition coefficient (Wildman–Crippen LogP) is 3.29. The van der Waals surface area contributed by atoms with E-state index in [1.54, 1.807) is 0 Å². The van der Waals surface area contributed by atoms with E-state index in [0.29, 0.717) is 0 Å². The van der Waals surface area contributed by atoms with Crippen molar-refractivity contribution < 1.29 is 0 Å². The molecule has 0 aromatic heterocycles. The Hall–Kier alpha value is -0.0400. The Balaban J connectivity index is 2.67. The van der Waals surface area contributed by atoms with Crippen LogP contribution < -0.4 is 0 Å². The molecule has 1 saturated heterocycles. The fraction of sp³-hybridized carbons (Fsp3) is 1.00. The molecule has 0 amide bonds. The summed E-state index contributed by atoms with van der Waals surface area (Å²) in [5.41, 5.74) is 0. The zero-order chi connectivity index (χ0) is 10.0. The average molecular weight is 183 g/mol. The van der Waals surface area contributed by atoms with Gasteiger partial charge >= 0.3 is 0 Å². The lowest BCUT2D eigenvalue weighted by Gasteiger charge is -2.35. The van der Waals surface area contributed by atoms with Crippen LogP contribution in [-0.4, -0.2) is 23.0 Å². The first-order chi connectivity index (χ1) is 6.07. The third-order valence-corrected chi connectivity index (χ3v) is 3.44. The highest BCUT2D eigenvalue weighted by atomic mass is 15.2. The zero-order valence-corrected chi connectivity index (χ0v) is 9.88. The molecule has 0 aromatic rings. The maximum Gasteiger partial charge on any atom is 0.0124 e. The highest BCUT2D eigenvalue weighted by Gasteiger charge is 2.35. The maximum atomic E-state index is 2.74. The van der Waals surface area contributed by atoms with Crippen molar-refractivity contribution in [3.63, 3.8) is 0 Å². The van der Waals surface area contributed by atoms with Gasteiger partial charge in [-0.1, -0.05) is 20.8 Å². The van der Waals surface area contributed by atoms with E-state index >= 15 is 0 Å². The monoisotopic (exact) mass is 183 g/mol. The molecule has 1 aliphatic rings. The fourth-order valence-electron chi connectivity index (χ4n) is 2.83. The second-order valence-electron chi connectivity index (χ2n) is 4.99. The summed E-state index contributed by atoms with van der Waals surface area (Å²) in [7, 11) is 0. The standard InChI is InChI=1S/C12H25N/c1-6-11-7-8-12(9(2)3)13(11)10(4)5/h9-12H,6-8H2,1-5H3. The van der Waals surface area contributed by atoms with Gasteiger partial charge in [0.25, 0.3) is 0 Å². The lowest BCUT2D eigenvalue weighted by molar-refractivity contribution is 0.117. The lowest BCUT2D eigenvalue weighted by atomic mass is 10.0. The van der Waals surface area contributed by atoms with Gasteiger partial charge in [0.15, 0.2) is 0 Å². The van der Waals surface area contributed by atoms with Gasteiger partial charge in [0, 0.05) is 18.1 Å². The minimum absolute atomic E-state index is 0.722. The van der Waals surface area contributed by atoms with E-state index in [1.165, 1.54) is 19.3 Å². The molecular formula is C12H25N. The second-order valence-corrected chi connectivity index (χ2v) is 4.99. The van der Waals surface area contributed by atoms with Gasteiger partial charge in [-0.2, -0.15) is 0 Å². The van der Waals surface area contributed by atoms with Crippen molar-refractivity contribution >= 4 is 0 Å². The van der Waals surface area contributed by atoms with Gasteiger partial charge in [-0.3, -0.25) is 4.90 Å². The quantitative estimate of drug-likeness (QED) is 0.649. The van der Waals surface area contributed by atoms with Crippen molar-refractivity contribution in [2.24, 2.45) is 5.92 Å². The number of likely N-dealkylation sites (tertiary alicyclic amines) is 1. The minimum atomic E-state index is 0.722. The highest BCUT2D eigenvalue weighted by molar-refractivity contribution is 4.90. The van der Waals surface area contributed by atoms with Crippen LogP contribution in [0.25, 0.3) is 0 Å². The highest BCUT2D eigenvalue weighted by Crippen LogP contribution is 2.32. The number of rotatable bonds is 3. The third kappa shape index (κ3) is 2.25. The van der Waals surface area contributed by atoms with E-state index < -0.39 is 0 Å². The Morgan fingerprint density at radius 1 is 1.15 bits per heavy atom. The first-order valence-electron chi connectivity index (χ1n) is 5.85. The summed E-state index contributed by atoms with van der Waals surface area (Å²) in [4.78, 5) is 2.74. The van der Waals surface area contributed by atoms with E-state index in [1.807, 2.05) is 0 Å². The molecule has 1 heteroatoms. The molecule has 1 aliphatic heterocycles. The van der Waals surface area contributed by atoms with Crippen LogP contribution in [0.15, 0.2) is 0 Å². The van der Waals surface area contributed by atoms with Gasteiger partial charge in [0.1, 0.15) is 0 Å². The largest absolute Gasteiger partial charge is 0.295 e. The zero-order valence-electron chi connectivity index (χ0n) is 9.88. The van der Waals surface area contributed by atoms with Gasteiger partial charge in [0.2, 0.25) is 0 Å².